The average Bonchev–Trinajstić information content (AvgIpc) is 2.98. The van der Waals surface area contributed by atoms with Gasteiger partial charge in [-0.15, -0.1) is 0 Å². The van der Waals surface area contributed by atoms with E-state index in [1.165, 1.54) is 0 Å². The smallest absolute Gasteiger partial charge is 0.255 e. The molecule has 23 heavy (non-hydrogen) atoms. The van der Waals surface area contributed by atoms with E-state index in [-0.39, 0.29) is 30.1 Å². The first-order valence-corrected chi connectivity index (χ1v) is 7.94. The molecule has 3 rings (SSSR count). The molecular weight excluding hydrogens is 362 g/mol. The van der Waals surface area contributed by atoms with Gasteiger partial charge in [0.15, 0.2) is 11.5 Å². The number of carbonyl (C=O) groups excluding carboxylic acids is 1. The Morgan fingerprint density at radius 2 is 2.00 bits per heavy atom. The number of aromatic hydroxyl groups is 1. The van der Waals surface area contributed by atoms with E-state index in [1.54, 1.807) is 12.1 Å². The fourth-order valence-corrected chi connectivity index (χ4v) is 3.02. The minimum absolute atomic E-state index is 0.0639. The lowest BCUT2D eigenvalue weighted by Gasteiger charge is -2.16. The van der Waals surface area contributed by atoms with Gasteiger partial charge in [-0.1, -0.05) is 6.07 Å². The van der Waals surface area contributed by atoms with Crippen LogP contribution in [0.3, 0.4) is 0 Å². The predicted molar refractivity (Wildman–Crippen MR) is 89.0 cm³/mol. The van der Waals surface area contributed by atoms with E-state index in [2.05, 4.69) is 21.2 Å². The molecule has 6 heteroatoms. The maximum absolute atomic E-state index is 12.4. The molecule has 1 unspecified atom stereocenters. The number of hydrogen-bond acceptors (Lipinski definition) is 4. The number of phenols is 1. The zero-order valence-electron chi connectivity index (χ0n) is 12.7. The number of benzene rings is 2. The molecule has 0 aromatic heterocycles. The Labute approximate surface area is 142 Å². The monoisotopic (exact) mass is 377 g/mol. The topological polar surface area (TPSA) is 67.8 Å². The summed E-state index contributed by atoms with van der Waals surface area (Å²) in [5, 5.41) is 12.9. The van der Waals surface area contributed by atoms with Gasteiger partial charge in [0.05, 0.1) is 16.1 Å². The molecule has 1 amide bonds. The van der Waals surface area contributed by atoms with Crippen LogP contribution in [-0.4, -0.2) is 17.8 Å². The summed E-state index contributed by atoms with van der Waals surface area (Å²) in [5.41, 5.74) is 2.02. The van der Waals surface area contributed by atoms with Crippen LogP contribution in [0.25, 0.3) is 0 Å². The third kappa shape index (κ3) is 3.12. The Hall–Kier alpha value is -2.21. The summed E-state index contributed by atoms with van der Waals surface area (Å²) in [6.45, 7) is 3.95. The van der Waals surface area contributed by atoms with Crippen molar-refractivity contribution < 1.29 is 19.4 Å². The first kappa shape index (κ1) is 15.7. The molecule has 5 nitrogen and oxygen atoms in total. The van der Waals surface area contributed by atoms with Gasteiger partial charge in [0, 0.05) is 0 Å². The molecule has 0 saturated carbocycles. The molecule has 0 radical (unpaired) electrons. The first-order valence-electron chi connectivity index (χ1n) is 7.15. The van der Waals surface area contributed by atoms with Crippen LogP contribution in [0, 0.1) is 6.92 Å². The zero-order valence-corrected chi connectivity index (χ0v) is 14.3. The molecule has 0 spiro atoms. The van der Waals surface area contributed by atoms with Gasteiger partial charge in [0.2, 0.25) is 6.79 Å². The molecule has 1 heterocycles. The van der Waals surface area contributed by atoms with Crippen LogP contribution in [0.2, 0.25) is 0 Å². The quantitative estimate of drug-likeness (QED) is 0.855. The highest BCUT2D eigenvalue weighted by Crippen LogP contribution is 2.34. The van der Waals surface area contributed by atoms with Crippen molar-refractivity contribution in [1.29, 1.82) is 0 Å². The largest absolute Gasteiger partial charge is 0.506 e. The van der Waals surface area contributed by atoms with E-state index >= 15 is 0 Å². The molecule has 1 atom stereocenters. The number of nitrogens with one attached hydrogen (secondary N) is 1. The van der Waals surface area contributed by atoms with Crippen LogP contribution >= 0.6 is 15.9 Å². The molecule has 0 bridgehead atoms. The Balaban J connectivity index is 1.80. The van der Waals surface area contributed by atoms with Gasteiger partial charge < -0.3 is 19.9 Å². The van der Waals surface area contributed by atoms with Crippen LogP contribution in [0.1, 0.15) is 34.5 Å². The van der Waals surface area contributed by atoms with Crippen LogP contribution in [0.15, 0.2) is 34.8 Å². The molecule has 0 saturated heterocycles. The number of aryl methyl sites for hydroxylation is 1. The van der Waals surface area contributed by atoms with E-state index in [9.17, 15) is 9.90 Å². The molecule has 1 aliphatic rings. The number of phenolic OH excluding ortho intramolecular Hbond substituents is 1. The van der Waals surface area contributed by atoms with Crippen molar-refractivity contribution in [3.8, 4) is 17.2 Å². The third-order valence-corrected chi connectivity index (χ3v) is 4.30. The molecule has 0 aliphatic carbocycles. The van der Waals surface area contributed by atoms with Crippen molar-refractivity contribution in [2.45, 2.75) is 19.9 Å². The van der Waals surface area contributed by atoms with Gasteiger partial charge >= 0.3 is 0 Å². The zero-order chi connectivity index (χ0) is 16.6. The van der Waals surface area contributed by atoms with Crippen molar-refractivity contribution >= 4 is 21.8 Å². The van der Waals surface area contributed by atoms with E-state index in [0.717, 1.165) is 11.1 Å². The highest BCUT2D eigenvalue weighted by atomic mass is 79.9. The molecule has 2 N–H and O–H groups in total. The second-order valence-corrected chi connectivity index (χ2v) is 6.31. The number of carbonyl (C=O) groups is 1. The minimum Gasteiger partial charge on any atom is -0.506 e. The fraction of sp³-hybridized carbons (Fsp3) is 0.235. The summed E-state index contributed by atoms with van der Waals surface area (Å²) in [6, 6.07) is 8.72. The van der Waals surface area contributed by atoms with Crippen molar-refractivity contribution in [2.75, 3.05) is 6.79 Å². The van der Waals surface area contributed by atoms with Crippen LogP contribution in [0.5, 0.6) is 17.2 Å². The molecular formula is C17H16BrNO4. The lowest BCUT2D eigenvalue weighted by atomic mass is 10.1. The SMILES string of the molecule is Cc1cc(Br)c(O)c(C(=O)NC(C)c2ccc3c(c2)OCO3)c1. The number of amides is 1. The standard InChI is InChI=1S/C17H16BrNO4/c1-9-5-12(16(20)13(18)6-9)17(21)19-10(2)11-3-4-14-15(7-11)23-8-22-14/h3-7,10,20H,8H2,1-2H3,(H,19,21). The summed E-state index contributed by atoms with van der Waals surface area (Å²) in [5.74, 6) is 0.973. The number of hydrogen-bond donors (Lipinski definition) is 2. The Kier molecular flexibility index (Phi) is 4.17. The molecule has 2 aromatic rings. The molecule has 0 fully saturated rings. The van der Waals surface area contributed by atoms with Crippen molar-refractivity contribution in [3.05, 3.63) is 51.5 Å². The Morgan fingerprint density at radius 3 is 2.78 bits per heavy atom. The lowest BCUT2D eigenvalue weighted by molar-refractivity contribution is 0.0937. The number of fused-ring (bicyclic) bond motifs is 1. The number of ether oxygens (including phenoxy) is 2. The van der Waals surface area contributed by atoms with Gasteiger partial charge in [-0.2, -0.15) is 0 Å². The average molecular weight is 378 g/mol. The molecule has 1 aliphatic heterocycles. The summed E-state index contributed by atoms with van der Waals surface area (Å²) in [4.78, 5) is 12.4. The second-order valence-electron chi connectivity index (χ2n) is 5.45. The maximum Gasteiger partial charge on any atom is 0.255 e. The summed E-state index contributed by atoms with van der Waals surface area (Å²) < 4.78 is 11.1. The van der Waals surface area contributed by atoms with Crippen molar-refractivity contribution in [1.82, 2.24) is 5.32 Å². The molecule has 120 valence electrons. The summed E-state index contributed by atoms with van der Waals surface area (Å²) >= 11 is 3.25. The van der Waals surface area contributed by atoms with Crippen molar-refractivity contribution in [2.24, 2.45) is 0 Å². The summed E-state index contributed by atoms with van der Waals surface area (Å²) in [6.07, 6.45) is 0. The molecule has 2 aromatic carbocycles. The Bertz CT molecular complexity index is 775. The highest BCUT2D eigenvalue weighted by Gasteiger charge is 2.19. The minimum atomic E-state index is -0.336. The second kappa shape index (κ2) is 6.12. The van der Waals surface area contributed by atoms with Crippen LogP contribution in [0.4, 0.5) is 0 Å². The highest BCUT2D eigenvalue weighted by molar-refractivity contribution is 9.10. The number of halogens is 1. The van der Waals surface area contributed by atoms with Crippen LogP contribution < -0.4 is 14.8 Å². The van der Waals surface area contributed by atoms with E-state index in [1.807, 2.05) is 32.0 Å². The van der Waals surface area contributed by atoms with Gasteiger partial charge in [-0.3, -0.25) is 4.79 Å². The number of rotatable bonds is 3. The van der Waals surface area contributed by atoms with E-state index in [4.69, 9.17) is 9.47 Å². The van der Waals surface area contributed by atoms with Gasteiger partial charge in [0.1, 0.15) is 5.75 Å². The third-order valence-electron chi connectivity index (χ3n) is 3.70. The van der Waals surface area contributed by atoms with E-state index < -0.39 is 0 Å². The van der Waals surface area contributed by atoms with Crippen molar-refractivity contribution in [3.63, 3.8) is 0 Å². The fourth-order valence-electron chi connectivity index (χ4n) is 2.45. The van der Waals surface area contributed by atoms with Gasteiger partial charge in [0.25, 0.3) is 5.91 Å². The maximum atomic E-state index is 12.4. The first-order chi connectivity index (χ1) is 11.0. The lowest BCUT2D eigenvalue weighted by Crippen LogP contribution is -2.26. The summed E-state index contributed by atoms with van der Waals surface area (Å²) in [7, 11) is 0. The van der Waals surface area contributed by atoms with Crippen LogP contribution in [-0.2, 0) is 0 Å². The normalized spacial score (nSPS) is 13.7. The Morgan fingerprint density at radius 1 is 1.26 bits per heavy atom. The predicted octanol–water partition coefficient (Wildman–Crippen LogP) is 3.68. The van der Waals surface area contributed by atoms with Gasteiger partial charge in [-0.05, 0) is 65.2 Å². The van der Waals surface area contributed by atoms with E-state index in [0.29, 0.717) is 16.0 Å². The van der Waals surface area contributed by atoms with Gasteiger partial charge in [-0.25, -0.2) is 0 Å².